The maximum Gasteiger partial charge on any atom is 0.229 e. The van der Waals surface area contributed by atoms with Gasteiger partial charge in [0.2, 0.25) is 12.3 Å². The number of carbonyl (C=O) groups excluding carboxylic acids is 2. The number of nitrogens with zero attached hydrogens (tertiary/aromatic N) is 2. The summed E-state index contributed by atoms with van der Waals surface area (Å²) in [5.41, 5.74) is 4.20. The molecule has 2 heterocycles. The number of hydrogen-bond acceptors (Lipinski definition) is 2. The van der Waals surface area contributed by atoms with Gasteiger partial charge >= 0.3 is 0 Å². The Morgan fingerprint density at radius 2 is 1.59 bits per heavy atom. The van der Waals surface area contributed by atoms with Crippen molar-refractivity contribution in [2.45, 2.75) is 40.3 Å². The van der Waals surface area contributed by atoms with Crippen LogP contribution in [0.25, 0.3) is 0 Å². The van der Waals surface area contributed by atoms with E-state index in [4.69, 9.17) is 0 Å². The molecule has 2 aromatic heterocycles. The molecule has 0 N–H and O–H groups in total. The minimum atomic E-state index is -0.0165. The van der Waals surface area contributed by atoms with Crippen LogP contribution in [0.3, 0.4) is 0 Å². The van der Waals surface area contributed by atoms with E-state index in [0.29, 0.717) is 11.1 Å². The Hall–Kier alpha value is -3.01. The number of pyridine rings is 1. The Morgan fingerprint density at radius 3 is 2.22 bits per heavy atom. The van der Waals surface area contributed by atoms with E-state index in [1.54, 1.807) is 36.7 Å². The first kappa shape index (κ1) is 18.8. The Labute approximate surface area is 160 Å². The molecule has 0 bridgehead atoms. The van der Waals surface area contributed by atoms with E-state index in [1.165, 1.54) is 0 Å². The van der Waals surface area contributed by atoms with Crippen LogP contribution in [0.5, 0.6) is 0 Å². The first-order valence-electron chi connectivity index (χ1n) is 9.30. The molecule has 0 aliphatic heterocycles. The number of hydrogen-bond donors (Lipinski definition) is 0. The highest BCUT2D eigenvalue weighted by molar-refractivity contribution is 6.08. The average molecular weight is 361 g/mol. The molecular weight excluding hydrogens is 336 g/mol. The van der Waals surface area contributed by atoms with Gasteiger partial charge in [0.15, 0.2) is 18.2 Å². The zero-order valence-corrected chi connectivity index (χ0v) is 16.1. The van der Waals surface area contributed by atoms with Crippen LogP contribution in [0.15, 0.2) is 60.9 Å². The van der Waals surface area contributed by atoms with E-state index in [9.17, 15) is 9.59 Å². The molecule has 0 aliphatic rings. The van der Waals surface area contributed by atoms with Gasteiger partial charge in [-0.15, -0.1) is 0 Å². The number of ketones is 2. The molecular formula is C23H25N2O2+. The van der Waals surface area contributed by atoms with Crippen molar-refractivity contribution in [3.8, 4) is 0 Å². The van der Waals surface area contributed by atoms with Crippen molar-refractivity contribution in [3.05, 3.63) is 89.0 Å². The largest absolute Gasteiger partial charge is 0.348 e. The average Bonchev–Trinajstić information content (AvgIpc) is 2.97. The van der Waals surface area contributed by atoms with Gasteiger partial charge in [0.25, 0.3) is 0 Å². The van der Waals surface area contributed by atoms with Crippen molar-refractivity contribution < 1.29 is 14.2 Å². The van der Waals surface area contributed by atoms with Crippen LogP contribution in [-0.2, 0) is 13.1 Å². The molecule has 0 spiro atoms. The second-order valence-corrected chi connectivity index (χ2v) is 6.81. The quantitative estimate of drug-likeness (QED) is 0.473. The highest BCUT2D eigenvalue weighted by Gasteiger charge is 2.19. The molecule has 1 aromatic carbocycles. The molecule has 3 aromatic rings. The van der Waals surface area contributed by atoms with Crippen molar-refractivity contribution >= 4 is 11.6 Å². The molecule has 138 valence electrons. The van der Waals surface area contributed by atoms with Crippen molar-refractivity contribution in [3.63, 3.8) is 0 Å². The lowest BCUT2D eigenvalue weighted by molar-refractivity contribution is -0.683. The summed E-state index contributed by atoms with van der Waals surface area (Å²) in [4.78, 5) is 25.2. The van der Waals surface area contributed by atoms with E-state index in [-0.39, 0.29) is 18.1 Å². The third-order valence-electron chi connectivity index (χ3n) is 4.84. The molecule has 4 nitrogen and oxygen atoms in total. The zero-order valence-electron chi connectivity index (χ0n) is 16.1. The molecule has 4 heteroatoms. The lowest BCUT2D eigenvalue weighted by Gasteiger charge is -2.07. The molecule has 3 rings (SSSR count). The van der Waals surface area contributed by atoms with E-state index in [1.807, 2.05) is 42.7 Å². The molecule has 0 aliphatic carbocycles. The summed E-state index contributed by atoms with van der Waals surface area (Å²) >= 11 is 0. The standard InChI is InChI=1S/C23H25N2O2/c1-4-12-25-17(2)15-21(18(25)3)22(26)16-24-13-10-20(11-14-24)23(27)19-8-6-5-7-9-19/h5-11,13-15H,4,12,16H2,1-3H3/q+1. The summed E-state index contributed by atoms with van der Waals surface area (Å²) in [6.07, 6.45) is 4.62. The van der Waals surface area contributed by atoms with E-state index < -0.39 is 0 Å². The second-order valence-electron chi connectivity index (χ2n) is 6.81. The maximum absolute atomic E-state index is 12.7. The molecule has 0 saturated heterocycles. The number of rotatable bonds is 7. The predicted octanol–water partition coefficient (Wildman–Crippen LogP) is 3.92. The molecule has 0 atom stereocenters. The normalized spacial score (nSPS) is 10.8. The summed E-state index contributed by atoms with van der Waals surface area (Å²) in [5, 5.41) is 0. The van der Waals surface area contributed by atoms with Gasteiger partial charge < -0.3 is 4.57 Å². The van der Waals surface area contributed by atoms with Gasteiger partial charge in [-0.3, -0.25) is 9.59 Å². The lowest BCUT2D eigenvalue weighted by atomic mass is 10.0. The van der Waals surface area contributed by atoms with Gasteiger partial charge in [0, 0.05) is 46.8 Å². The van der Waals surface area contributed by atoms with Crippen molar-refractivity contribution in [1.29, 1.82) is 0 Å². The topological polar surface area (TPSA) is 43.0 Å². The van der Waals surface area contributed by atoms with Crippen molar-refractivity contribution in [2.75, 3.05) is 0 Å². The van der Waals surface area contributed by atoms with Crippen LogP contribution < -0.4 is 4.57 Å². The van der Waals surface area contributed by atoms with Gasteiger partial charge in [-0.05, 0) is 26.3 Å². The van der Waals surface area contributed by atoms with Crippen molar-refractivity contribution in [1.82, 2.24) is 4.57 Å². The SMILES string of the molecule is CCCn1c(C)cc(C(=O)C[n+]2ccc(C(=O)c3ccccc3)cc2)c1C. The van der Waals surface area contributed by atoms with Crippen molar-refractivity contribution in [2.24, 2.45) is 0 Å². The summed E-state index contributed by atoms with van der Waals surface area (Å²) in [6, 6.07) is 14.7. The third-order valence-corrected chi connectivity index (χ3v) is 4.84. The fourth-order valence-electron chi connectivity index (χ4n) is 3.37. The van der Waals surface area contributed by atoms with Crippen LogP contribution in [0.4, 0.5) is 0 Å². The fourth-order valence-corrected chi connectivity index (χ4v) is 3.37. The number of carbonyl (C=O) groups is 2. The van der Waals surface area contributed by atoms with Crippen LogP contribution in [0.2, 0.25) is 0 Å². The van der Waals surface area contributed by atoms with Crippen LogP contribution >= 0.6 is 0 Å². The molecule has 0 saturated carbocycles. The highest BCUT2D eigenvalue weighted by atomic mass is 16.1. The van der Waals surface area contributed by atoms with E-state index in [0.717, 1.165) is 29.9 Å². The molecule has 0 fully saturated rings. The van der Waals surface area contributed by atoms with Crippen LogP contribution in [-0.4, -0.2) is 16.1 Å². The van der Waals surface area contributed by atoms with E-state index >= 15 is 0 Å². The van der Waals surface area contributed by atoms with Gasteiger partial charge in [-0.25, -0.2) is 0 Å². The monoisotopic (exact) mass is 361 g/mol. The van der Waals surface area contributed by atoms with Crippen LogP contribution in [0.1, 0.15) is 51.0 Å². The van der Waals surface area contributed by atoms with Gasteiger partial charge in [0.1, 0.15) is 0 Å². The number of aryl methyl sites for hydroxylation is 1. The minimum absolute atomic E-state index is 0.0165. The van der Waals surface area contributed by atoms with E-state index in [2.05, 4.69) is 11.5 Å². The molecule has 0 unspecified atom stereocenters. The number of Topliss-reactive ketones (excluding diaryl/α,β-unsaturated/α-hetero) is 1. The number of benzene rings is 1. The Morgan fingerprint density at radius 1 is 0.963 bits per heavy atom. The van der Waals surface area contributed by atoms with Gasteiger partial charge in [-0.1, -0.05) is 37.3 Å². The predicted molar refractivity (Wildman–Crippen MR) is 105 cm³/mol. The smallest absolute Gasteiger partial charge is 0.229 e. The zero-order chi connectivity index (χ0) is 19.4. The summed E-state index contributed by atoms with van der Waals surface area (Å²) in [6.45, 7) is 7.36. The molecule has 27 heavy (non-hydrogen) atoms. The van der Waals surface area contributed by atoms with Gasteiger partial charge in [-0.2, -0.15) is 4.57 Å². The highest BCUT2D eigenvalue weighted by Crippen LogP contribution is 2.16. The summed E-state index contributed by atoms with van der Waals surface area (Å²) < 4.78 is 4.01. The second kappa shape index (κ2) is 8.12. The first-order valence-corrected chi connectivity index (χ1v) is 9.30. The number of aromatic nitrogens is 2. The summed E-state index contributed by atoms with van der Waals surface area (Å²) in [7, 11) is 0. The van der Waals surface area contributed by atoms with Gasteiger partial charge in [0.05, 0.1) is 0 Å². The Bertz CT molecular complexity index is 954. The first-order chi connectivity index (χ1) is 13.0. The molecule has 0 amide bonds. The minimum Gasteiger partial charge on any atom is -0.348 e. The Balaban J connectivity index is 1.74. The fraction of sp³-hybridized carbons (Fsp3) is 0.261. The molecule has 0 radical (unpaired) electrons. The van der Waals surface area contributed by atoms with Crippen LogP contribution in [0, 0.1) is 13.8 Å². The Kier molecular flexibility index (Phi) is 5.65. The maximum atomic E-state index is 12.7. The lowest BCUT2D eigenvalue weighted by Crippen LogP contribution is -2.37. The summed E-state index contributed by atoms with van der Waals surface area (Å²) in [5.74, 6) is 0.0646. The third kappa shape index (κ3) is 4.05.